The molecule has 1 fully saturated rings. The first-order valence-electron chi connectivity index (χ1n) is 9.34. The van der Waals surface area contributed by atoms with Gasteiger partial charge in [0, 0.05) is 31.1 Å². The van der Waals surface area contributed by atoms with Crippen molar-refractivity contribution in [1.82, 2.24) is 9.21 Å². The molecule has 0 radical (unpaired) electrons. The molecule has 0 N–H and O–H groups in total. The van der Waals surface area contributed by atoms with E-state index < -0.39 is 10.0 Å². The molecule has 1 aliphatic heterocycles. The van der Waals surface area contributed by atoms with Crippen LogP contribution in [0.15, 0.2) is 29.2 Å². The van der Waals surface area contributed by atoms with Crippen LogP contribution in [0.25, 0.3) is 0 Å². The molecule has 5 nitrogen and oxygen atoms in total. The van der Waals surface area contributed by atoms with Gasteiger partial charge in [-0.05, 0) is 61.9 Å². The minimum absolute atomic E-state index is 0.0400. The Balaban J connectivity index is 1.46. The van der Waals surface area contributed by atoms with Crippen molar-refractivity contribution >= 4 is 27.3 Å². The second-order valence-corrected chi connectivity index (χ2v) is 10.4. The quantitative estimate of drug-likeness (QED) is 0.790. The summed E-state index contributed by atoms with van der Waals surface area (Å²) in [7, 11) is -3.53. The fourth-order valence-electron chi connectivity index (χ4n) is 3.85. The molecular formula is C20H24N2O3S2. The van der Waals surface area contributed by atoms with E-state index in [-0.39, 0.29) is 5.91 Å². The Morgan fingerprint density at radius 1 is 1.04 bits per heavy atom. The smallest absolute Gasteiger partial charge is 0.264 e. The molecule has 0 bridgehead atoms. The molecule has 4 rings (SSSR count). The molecule has 0 saturated carbocycles. The molecule has 144 valence electrons. The van der Waals surface area contributed by atoms with Gasteiger partial charge < -0.3 is 4.90 Å². The number of thiophene rings is 1. The lowest BCUT2D eigenvalue weighted by molar-refractivity contribution is 0.0702. The molecule has 0 unspecified atom stereocenters. The van der Waals surface area contributed by atoms with Crippen LogP contribution in [0.4, 0.5) is 0 Å². The van der Waals surface area contributed by atoms with Gasteiger partial charge >= 0.3 is 0 Å². The number of rotatable bonds is 3. The Kier molecular flexibility index (Phi) is 4.86. The van der Waals surface area contributed by atoms with Crippen LogP contribution < -0.4 is 0 Å². The predicted octanol–water partition coefficient (Wildman–Crippen LogP) is 3.00. The highest BCUT2D eigenvalue weighted by molar-refractivity contribution is 7.89. The van der Waals surface area contributed by atoms with Crippen LogP contribution in [0, 0.1) is 13.8 Å². The van der Waals surface area contributed by atoms with Gasteiger partial charge in [0.15, 0.2) is 0 Å². The number of carbonyl (C=O) groups excluding carboxylic acids is 1. The number of hydrogen-bond acceptors (Lipinski definition) is 4. The molecule has 1 aromatic carbocycles. The van der Waals surface area contributed by atoms with Crippen molar-refractivity contribution in [2.24, 2.45) is 0 Å². The number of aryl methyl sites for hydroxylation is 4. The fraction of sp³-hybridized carbons (Fsp3) is 0.450. The summed E-state index contributed by atoms with van der Waals surface area (Å²) in [6.45, 7) is 5.27. The van der Waals surface area contributed by atoms with E-state index in [4.69, 9.17) is 0 Å². The molecule has 7 heteroatoms. The molecule has 27 heavy (non-hydrogen) atoms. The van der Waals surface area contributed by atoms with E-state index in [1.54, 1.807) is 22.3 Å². The van der Waals surface area contributed by atoms with Gasteiger partial charge in [-0.2, -0.15) is 4.31 Å². The van der Waals surface area contributed by atoms with Gasteiger partial charge in [0.05, 0.1) is 9.77 Å². The SMILES string of the molecule is Cc1ccc(C)c(S(=O)(=O)N2CCN(C(=O)c3cc4c(s3)CCC4)CC2)c1. The molecule has 0 atom stereocenters. The average Bonchev–Trinajstić information content (AvgIpc) is 3.25. The maximum Gasteiger partial charge on any atom is 0.264 e. The Morgan fingerprint density at radius 2 is 1.78 bits per heavy atom. The number of amides is 1. The predicted molar refractivity (Wildman–Crippen MR) is 107 cm³/mol. The molecule has 2 aromatic rings. The van der Waals surface area contributed by atoms with Crippen LogP contribution in [0.2, 0.25) is 0 Å². The van der Waals surface area contributed by atoms with Crippen LogP contribution in [-0.2, 0) is 22.9 Å². The molecular weight excluding hydrogens is 380 g/mol. The first-order valence-corrected chi connectivity index (χ1v) is 11.6. The van der Waals surface area contributed by atoms with Crippen molar-refractivity contribution in [3.05, 3.63) is 50.7 Å². The van der Waals surface area contributed by atoms with E-state index in [0.717, 1.165) is 28.8 Å². The third kappa shape index (κ3) is 3.44. The van der Waals surface area contributed by atoms with Crippen molar-refractivity contribution in [3.63, 3.8) is 0 Å². The molecule has 0 spiro atoms. The molecule has 1 aliphatic carbocycles. The van der Waals surface area contributed by atoms with Crippen LogP contribution in [0.5, 0.6) is 0 Å². The van der Waals surface area contributed by atoms with E-state index in [2.05, 4.69) is 0 Å². The van der Waals surface area contributed by atoms with E-state index >= 15 is 0 Å². The van der Waals surface area contributed by atoms with Gasteiger partial charge in [-0.3, -0.25) is 4.79 Å². The molecule has 1 amide bonds. The molecule has 2 aliphatic rings. The number of benzene rings is 1. The third-order valence-corrected chi connectivity index (χ3v) is 8.71. The van der Waals surface area contributed by atoms with Gasteiger partial charge in [-0.15, -0.1) is 11.3 Å². The number of carbonyl (C=O) groups is 1. The third-order valence-electron chi connectivity index (χ3n) is 5.44. The molecule has 1 aromatic heterocycles. The summed E-state index contributed by atoms with van der Waals surface area (Å²) in [5.74, 6) is 0.0400. The van der Waals surface area contributed by atoms with Crippen molar-refractivity contribution in [2.75, 3.05) is 26.2 Å². The van der Waals surface area contributed by atoms with Gasteiger partial charge in [-0.25, -0.2) is 8.42 Å². The van der Waals surface area contributed by atoms with Crippen LogP contribution in [0.3, 0.4) is 0 Å². The van der Waals surface area contributed by atoms with E-state index in [9.17, 15) is 13.2 Å². The highest BCUT2D eigenvalue weighted by Crippen LogP contribution is 2.31. The number of fused-ring (bicyclic) bond motifs is 1. The summed E-state index contributed by atoms with van der Waals surface area (Å²) >= 11 is 1.61. The van der Waals surface area contributed by atoms with Gasteiger partial charge in [-0.1, -0.05) is 12.1 Å². The summed E-state index contributed by atoms with van der Waals surface area (Å²) < 4.78 is 27.6. The van der Waals surface area contributed by atoms with E-state index in [1.165, 1.54) is 21.2 Å². The first-order chi connectivity index (χ1) is 12.9. The maximum atomic E-state index is 13.0. The minimum Gasteiger partial charge on any atom is -0.335 e. The monoisotopic (exact) mass is 404 g/mol. The lowest BCUT2D eigenvalue weighted by atomic mass is 10.2. The number of piperazine rings is 1. The highest BCUT2D eigenvalue weighted by atomic mass is 32.2. The van der Waals surface area contributed by atoms with E-state index in [1.807, 2.05) is 32.0 Å². The van der Waals surface area contributed by atoms with Gasteiger partial charge in [0.2, 0.25) is 10.0 Å². The summed E-state index contributed by atoms with van der Waals surface area (Å²) in [5.41, 5.74) is 3.01. The van der Waals surface area contributed by atoms with E-state index in [0.29, 0.717) is 31.1 Å². The maximum absolute atomic E-state index is 13.0. The summed E-state index contributed by atoms with van der Waals surface area (Å²) in [6.07, 6.45) is 3.33. The zero-order valence-electron chi connectivity index (χ0n) is 15.7. The van der Waals surface area contributed by atoms with Crippen molar-refractivity contribution < 1.29 is 13.2 Å². The Bertz CT molecular complexity index is 965. The lowest BCUT2D eigenvalue weighted by Crippen LogP contribution is -2.50. The normalized spacial score (nSPS) is 17.9. The zero-order valence-corrected chi connectivity index (χ0v) is 17.3. The summed E-state index contributed by atoms with van der Waals surface area (Å²) in [6, 6.07) is 7.53. The first kappa shape index (κ1) is 18.7. The Labute approximate surface area is 164 Å². The number of hydrogen-bond donors (Lipinski definition) is 0. The van der Waals surface area contributed by atoms with Crippen molar-refractivity contribution in [2.45, 2.75) is 38.0 Å². The van der Waals surface area contributed by atoms with Gasteiger partial charge in [0.25, 0.3) is 5.91 Å². The zero-order chi connectivity index (χ0) is 19.2. The largest absolute Gasteiger partial charge is 0.335 e. The molecule has 1 saturated heterocycles. The summed E-state index contributed by atoms with van der Waals surface area (Å²) in [4.78, 5) is 17.1. The van der Waals surface area contributed by atoms with Crippen LogP contribution in [-0.4, -0.2) is 49.7 Å². The fourth-order valence-corrected chi connectivity index (χ4v) is 6.80. The summed E-state index contributed by atoms with van der Waals surface area (Å²) in [5, 5.41) is 0. The standard InChI is InChI=1S/C20H24N2O3S2/c1-14-6-7-15(2)19(12-14)27(24,25)22-10-8-21(9-11-22)20(23)18-13-16-4-3-5-17(16)26-18/h6-7,12-13H,3-5,8-11H2,1-2H3. The van der Waals surface area contributed by atoms with Crippen LogP contribution >= 0.6 is 11.3 Å². The van der Waals surface area contributed by atoms with Crippen LogP contribution in [0.1, 0.15) is 37.7 Å². The lowest BCUT2D eigenvalue weighted by Gasteiger charge is -2.34. The Hall–Kier alpha value is -1.70. The number of nitrogens with zero attached hydrogens (tertiary/aromatic N) is 2. The minimum atomic E-state index is -3.53. The topological polar surface area (TPSA) is 57.7 Å². The number of sulfonamides is 1. The van der Waals surface area contributed by atoms with Crippen molar-refractivity contribution in [1.29, 1.82) is 0 Å². The Morgan fingerprint density at radius 3 is 2.48 bits per heavy atom. The second-order valence-electron chi connectivity index (χ2n) is 7.38. The highest BCUT2D eigenvalue weighted by Gasteiger charge is 2.32. The van der Waals surface area contributed by atoms with Crippen molar-refractivity contribution in [3.8, 4) is 0 Å². The molecule has 2 heterocycles. The van der Waals surface area contributed by atoms with Gasteiger partial charge in [0.1, 0.15) is 0 Å². The average molecular weight is 405 g/mol. The second kappa shape index (κ2) is 7.04.